The second-order valence-corrected chi connectivity index (χ2v) is 6.61. The van der Waals surface area contributed by atoms with Crippen LogP contribution in [-0.2, 0) is 9.84 Å². The van der Waals surface area contributed by atoms with Crippen LogP contribution in [0.1, 0.15) is 24.5 Å². The van der Waals surface area contributed by atoms with Crippen LogP contribution in [0.25, 0.3) is 0 Å². The summed E-state index contributed by atoms with van der Waals surface area (Å²) in [5.74, 6) is -0.0371. The lowest BCUT2D eigenvalue weighted by molar-refractivity contribution is 0.170. The van der Waals surface area contributed by atoms with Gasteiger partial charge in [0.1, 0.15) is 5.75 Å². The molecule has 5 nitrogen and oxygen atoms in total. The predicted molar refractivity (Wildman–Crippen MR) is 64.3 cm³/mol. The third-order valence-electron chi connectivity index (χ3n) is 3.17. The zero-order valence-corrected chi connectivity index (χ0v) is 10.0. The first-order valence-corrected chi connectivity index (χ1v) is 7.12. The van der Waals surface area contributed by atoms with Crippen LogP contribution in [0.3, 0.4) is 0 Å². The van der Waals surface area contributed by atoms with Gasteiger partial charge in [0.2, 0.25) is 0 Å². The van der Waals surface area contributed by atoms with Crippen molar-refractivity contribution in [3.05, 3.63) is 23.8 Å². The molecule has 0 saturated carbocycles. The zero-order valence-electron chi connectivity index (χ0n) is 9.20. The molecule has 0 spiro atoms. The molecule has 0 amide bonds. The van der Waals surface area contributed by atoms with Crippen molar-refractivity contribution >= 4 is 15.5 Å². The Morgan fingerprint density at radius 2 is 2.12 bits per heavy atom. The Balaban J connectivity index is 2.38. The average Bonchev–Trinajstić information content (AvgIpc) is 2.61. The first-order valence-electron chi connectivity index (χ1n) is 5.40. The molecular formula is C11H15NO4S. The number of nitrogen functional groups attached to an aromatic ring is 1. The zero-order chi connectivity index (χ0) is 12.6. The molecule has 2 unspecified atom stereocenters. The van der Waals surface area contributed by atoms with Gasteiger partial charge in [-0.25, -0.2) is 8.42 Å². The highest BCUT2D eigenvalue weighted by Crippen LogP contribution is 2.36. The number of aliphatic hydroxyl groups excluding tert-OH is 1. The van der Waals surface area contributed by atoms with Crippen molar-refractivity contribution in [1.29, 1.82) is 0 Å². The summed E-state index contributed by atoms with van der Waals surface area (Å²) in [6.45, 7) is 0. The van der Waals surface area contributed by atoms with Crippen molar-refractivity contribution in [2.24, 2.45) is 0 Å². The minimum Gasteiger partial charge on any atom is -0.506 e. The molecule has 1 heterocycles. The number of benzene rings is 1. The fourth-order valence-electron chi connectivity index (χ4n) is 2.20. The Morgan fingerprint density at radius 3 is 2.71 bits per heavy atom. The van der Waals surface area contributed by atoms with Gasteiger partial charge in [-0.2, -0.15) is 0 Å². The lowest BCUT2D eigenvalue weighted by Gasteiger charge is -2.19. The van der Waals surface area contributed by atoms with Gasteiger partial charge in [0, 0.05) is 5.56 Å². The SMILES string of the molecule is Nc1c(O)cccc1C(O)C1CCCS1(=O)=O. The molecule has 0 radical (unpaired) electrons. The molecule has 1 aromatic carbocycles. The van der Waals surface area contributed by atoms with E-state index in [-0.39, 0.29) is 22.8 Å². The van der Waals surface area contributed by atoms with Gasteiger partial charge < -0.3 is 15.9 Å². The van der Waals surface area contributed by atoms with Crippen LogP contribution >= 0.6 is 0 Å². The summed E-state index contributed by atoms with van der Waals surface area (Å²) in [6, 6.07) is 4.47. The van der Waals surface area contributed by atoms with Crippen LogP contribution in [0, 0.1) is 0 Å². The van der Waals surface area contributed by atoms with Gasteiger partial charge in [0.25, 0.3) is 0 Å². The van der Waals surface area contributed by atoms with E-state index in [2.05, 4.69) is 0 Å². The number of para-hydroxylation sites is 1. The van der Waals surface area contributed by atoms with Gasteiger partial charge in [-0.1, -0.05) is 12.1 Å². The summed E-state index contributed by atoms with van der Waals surface area (Å²) in [5, 5.41) is 18.7. The Bertz CT molecular complexity index is 526. The Hall–Kier alpha value is -1.27. The van der Waals surface area contributed by atoms with Gasteiger partial charge in [-0.05, 0) is 18.9 Å². The molecule has 1 aromatic rings. The van der Waals surface area contributed by atoms with Gasteiger partial charge in [-0.15, -0.1) is 0 Å². The van der Waals surface area contributed by atoms with E-state index in [1.54, 1.807) is 0 Å². The molecule has 17 heavy (non-hydrogen) atoms. The molecule has 0 aromatic heterocycles. The first kappa shape index (κ1) is 12.2. The highest BCUT2D eigenvalue weighted by molar-refractivity contribution is 7.92. The van der Waals surface area contributed by atoms with Crippen molar-refractivity contribution in [1.82, 2.24) is 0 Å². The average molecular weight is 257 g/mol. The van der Waals surface area contributed by atoms with Crippen molar-refractivity contribution in [2.75, 3.05) is 11.5 Å². The van der Waals surface area contributed by atoms with Gasteiger partial charge in [-0.3, -0.25) is 0 Å². The summed E-state index contributed by atoms with van der Waals surface area (Å²) in [4.78, 5) is 0. The molecule has 0 aliphatic carbocycles. The van der Waals surface area contributed by atoms with Gasteiger partial charge >= 0.3 is 0 Å². The van der Waals surface area contributed by atoms with E-state index in [9.17, 15) is 18.6 Å². The number of phenolic OH excluding ortho intramolecular Hbond substituents is 1. The Labute approximate surface area is 99.8 Å². The topological polar surface area (TPSA) is 101 Å². The molecule has 4 N–H and O–H groups in total. The van der Waals surface area contributed by atoms with Crippen LogP contribution < -0.4 is 5.73 Å². The third-order valence-corrected chi connectivity index (χ3v) is 5.44. The number of rotatable bonds is 2. The molecule has 94 valence electrons. The summed E-state index contributed by atoms with van der Waals surface area (Å²) >= 11 is 0. The molecule has 1 saturated heterocycles. The lowest BCUT2D eigenvalue weighted by Crippen LogP contribution is -2.24. The van der Waals surface area contributed by atoms with Crippen LogP contribution in [0.15, 0.2) is 18.2 Å². The number of nitrogens with two attached hydrogens (primary N) is 1. The normalized spacial score (nSPS) is 24.6. The summed E-state index contributed by atoms with van der Waals surface area (Å²) in [6.07, 6.45) is -0.184. The minimum atomic E-state index is -3.25. The summed E-state index contributed by atoms with van der Waals surface area (Å²) < 4.78 is 23.4. The second-order valence-electron chi connectivity index (χ2n) is 4.27. The number of aliphatic hydroxyl groups is 1. The minimum absolute atomic E-state index is 0.0436. The molecule has 2 rings (SSSR count). The Kier molecular flexibility index (Phi) is 3.01. The highest BCUT2D eigenvalue weighted by atomic mass is 32.2. The van der Waals surface area contributed by atoms with Crippen LogP contribution in [-0.4, -0.2) is 29.6 Å². The van der Waals surface area contributed by atoms with Crippen molar-refractivity contribution in [3.8, 4) is 5.75 Å². The maximum Gasteiger partial charge on any atom is 0.156 e. The van der Waals surface area contributed by atoms with Gasteiger partial charge in [0.15, 0.2) is 9.84 Å². The number of phenols is 1. The third kappa shape index (κ3) is 2.10. The van der Waals surface area contributed by atoms with E-state index in [0.29, 0.717) is 12.8 Å². The number of anilines is 1. The van der Waals surface area contributed by atoms with Gasteiger partial charge in [0.05, 0.1) is 22.8 Å². The summed E-state index contributed by atoms with van der Waals surface area (Å²) in [7, 11) is -3.25. The first-order chi connectivity index (χ1) is 7.93. The van der Waals surface area contributed by atoms with Crippen molar-refractivity contribution in [3.63, 3.8) is 0 Å². The number of aromatic hydroxyl groups is 1. The largest absolute Gasteiger partial charge is 0.506 e. The second kappa shape index (κ2) is 4.19. The summed E-state index contributed by atoms with van der Waals surface area (Å²) in [5.41, 5.74) is 5.96. The van der Waals surface area contributed by atoms with E-state index in [1.165, 1.54) is 18.2 Å². The fraction of sp³-hybridized carbons (Fsp3) is 0.455. The molecule has 0 bridgehead atoms. The molecule has 6 heteroatoms. The van der Waals surface area contributed by atoms with E-state index >= 15 is 0 Å². The van der Waals surface area contributed by atoms with Crippen LogP contribution in [0.4, 0.5) is 5.69 Å². The molecule has 1 aliphatic rings. The van der Waals surface area contributed by atoms with E-state index in [4.69, 9.17) is 5.73 Å². The number of hydrogen-bond acceptors (Lipinski definition) is 5. The van der Waals surface area contributed by atoms with Crippen molar-refractivity contribution in [2.45, 2.75) is 24.2 Å². The lowest BCUT2D eigenvalue weighted by atomic mass is 10.0. The molecule has 1 aliphatic heterocycles. The van der Waals surface area contributed by atoms with E-state index < -0.39 is 21.2 Å². The van der Waals surface area contributed by atoms with Crippen LogP contribution in [0.2, 0.25) is 0 Å². The maximum atomic E-state index is 11.7. The monoisotopic (exact) mass is 257 g/mol. The predicted octanol–water partition coefficient (Wildman–Crippen LogP) is 0.585. The quantitative estimate of drug-likeness (QED) is 0.531. The smallest absolute Gasteiger partial charge is 0.156 e. The fourth-order valence-corrected chi connectivity index (χ4v) is 4.14. The maximum absolute atomic E-state index is 11.7. The number of sulfone groups is 1. The van der Waals surface area contributed by atoms with Crippen molar-refractivity contribution < 1.29 is 18.6 Å². The molecule has 1 fully saturated rings. The van der Waals surface area contributed by atoms with E-state index in [1.807, 2.05) is 0 Å². The Morgan fingerprint density at radius 1 is 1.41 bits per heavy atom. The highest BCUT2D eigenvalue weighted by Gasteiger charge is 2.38. The number of hydrogen-bond donors (Lipinski definition) is 3. The molecule has 2 atom stereocenters. The standard InChI is InChI=1S/C11H15NO4S/c12-10-7(3-1-4-8(10)13)11(14)9-5-2-6-17(9,15)16/h1,3-4,9,11,13-14H,2,5-6,12H2. The molecular weight excluding hydrogens is 242 g/mol. The van der Waals surface area contributed by atoms with E-state index in [0.717, 1.165) is 0 Å². The van der Waals surface area contributed by atoms with Crippen LogP contribution in [0.5, 0.6) is 5.75 Å².